The second-order valence-electron chi connectivity index (χ2n) is 6.67. The van der Waals surface area contributed by atoms with E-state index in [1.54, 1.807) is 28.2 Å². The van der Waals surface area contributed by atoms with Crippen LogP contribution in [0.25, 0.3) is 33.1 Å². The molecule has 0 spiro atoms. The fourth-order valence-electron chi connectivity index (χ4n) is 2.39. The van der Waals surface area contributed by atoms with Crippen molar-refractivity contribution in [1.29, 1.82) is 0 Å². The van der Waals surface area contributed by atoms with Gasteiger partial charge in [0.1, 0.15) is 0 Å². The third kappa shape index (κ3) is 11.6. The van der Waals surface area contributed by atoms with Crippen LogP contribution >= 0.6 is 0 Å². The maximum Gasteiger partial charge on any atom is 4.00 e. The molecule has 160 valence electrons. The Kier molecular flexibility index (Phi) is 16.0. The molecule has 0 bridgehead atoms. The predicted molar refractivity (Wildman–Crippen MR) is 130 cm³/mol. The average molecular weight is 448 g/mol. The Hall–Kier alpha value is -2.37. The van der Waals surface area contributed by atoms with Gasteiger partial charge >= 0.3 is 21.7 Å². The molecule has 2 aromatic heterocycles. The number of benzene rings is 2. The maximum atomic E-state index is 4.22. The minimum absolute atomic E-state index is 0. The molecule has 0 unspecified atom stereocenters. The Labute approximate surface area is 202 Å². The van der Waals surface area contributed by atoms with Crippen LogP contribution in [0.3, 0.4) is 0 Å². The van der Waals surface area contributed by atoms with Crippen LogP contribution in [-0.4, -0.2) is 28.2 Å². The van der Waals surface area contributed by atoms with E-state index in [0.29, 0.717) is 0 Å². The van der Waals surface area contributed by atoms with Gasteiger partial charge in [0, 0.05) is 0 Å². The van der Waals surface area contributed by atoms with Crippen LogP contribution in [0.4, 0.5) is 0 Å². The van der Waals surface area contributed by atoms with E-state index in [9.17, 15) is 0 Å². The summed E-state index contributed by atoms with van der Waals surface area (Å²) in [5, 5.41) is 7.00. The number of hydrogen-bond donors (Lipinski definition) is 0. The van der Waals surface area contributed by atoms with Crippen LogP contribution in [0.15, 0.2) is 85.2 Å². The van der Waals surface area contributed by atoms with Crippen molar-refractivity contribution in [1.82, 2.24) is 9.97 Å². The summed E-state index contributed by atoms with van der Waals surface area (Å²) in [6.07, 6.45) is 3.63. The van der Waals surface area contributed by atoms with E-state index in [1.165, 1.54) is 22.3 Å². The van der Waals surface area contributed by atoms with Gasteiger partial charge < -0.3 is 20.6 Å². The molecule has 0 N–H and O–H groups in total. The number of aryl methyl sites for hydroxylation is 2. The topological polar surface area (TPSA) is 56.4 Å². The van der Waals surface area contributed by atoms with Crippen molar-refractivity contribution in [3.63, 3.8) is 0 Å². The van der Waals surface area contributed by atoms with E-state index >= 15 is 0 Å². The first-order chi connectivity index (χ1) is 14.5. The zero-order valence-electron chi connectivity index (χ0n) is 19.4. The van der Waals surface area contributed by atoms with Gasteiger partial charge in [-0.2, -0.15) is 40.6 Å². The summed E-state index contributed by atoms with van der Waals surface area (Å²) in [6, 6.07) is 24.7. The van der Waals surface area contributed by atoms with Crippen molar-refractivity contribution in [2.24, 2.45) is 0 Å². The van der Waals surface area contributed by atoms with Crippen LogP contribution in [0.1, 0.15) is 11.1 Å². The summed E-state index contributed by atoms with van der Waals surface area (Å²) in [4.78, 5) is 8.43. The molecular formula is C26H32N4Ti. The van der Waals surface area contributed by atoms with Crippen molar-refractivity contribution in [3.05, 3.63) is 107 Å². The molecule has 2 aromatic carbocycles. The molecule has 0 aliphatic carbocycles. The van der Waals surface area contributed by atoms with E-state index in [4.69, 9.17) is 0 Å². The number of nitrogens with zero attached hydrogens (tertiary/aromatic N) is 4. The van der Waals surface area contributed by atoms with Crippen molar-refractivity contribution < 1.29 is 21.7 Å². The van der Waals surface area contributed by atoms with Gasteiger partial charge in [-0.15, -0.1) is 11.4 Å². The van der Waals surface area contributed by atoms with Gasteiger partial charge in [0.05, 0.1) is 0 Å². The molecule has 0 fully saturated rings. The first kappa shape index (κ1) is 28.6. The molecule has 0 aliphatic heterocycles. The van der Waals surface area contributed by atoms with Gasteiger partial charge in [-0.3, -0.25) is 0 Å². The summed E-state index contributed by atoms with van der Waals surface area (Å²) in [6.45, 7) is 4.17. The Morgan fingerprint density at radius 1 is 0.516 bits per heavy atom. The van der Waals surface area contributed by atoms with E-state index in [-0.39, 0.29) is 21.7 Å². The average Bonchev–Trinajstić information content (AvgIpc) is 3.46. The third-order valence-corrected chi connectivity index (χ3v) is 3.80. The minimum Gasteiger partial charge on any atom is -0.668 e. The smallest absolute Gasteiger partial charge is 0.668 e. The van der Waals surface area contributed by atoms with Crippen LogP contribution < -0.4 is 9.97 Å². The van der Waals surface area contributed by atoms with Crippen molar-refractivity contribution in [2.45, 2.75) is 13.8 Å². The number of hydrogen-bond acceptors (Lipinski definition) is 0. The predicted octanol–water partition coefficient (Wildman–Crippen LogP) is 6.48. The van der Waals surface area contributed by atoms with E-state index in [2.05, 4.69) is 83.0 Å². The van der Waals surface area contributed by atoms with E-state index in [1.807, 2.05) is 36.7 Å². The molecule has 0 radical (unpaired) electrons. The summed E-state index contributed by atoms with van der Waals surface area (Å²) >= 11 is 0. The first-order valence-corrected chi connectivity index (χ1v) is 9.81. The quantitative estimate of drug-likeness (QED) is 0.330. The summed E-state index contributed by atoms with van der Waals surface area (Å²) in [7, 11) is 7.00. The van der Waals surface area contributed by atoms with Gasteiger partial charge in [0.2, 0.25) is 0 Å². The zero-order valence-corrected chi connectivity index (χ0v) is 20.9. The summed E-state index contributed by atoms with van der Waals surface area (Å²) < 4.78 is 0. The third-order valence-electron chi connectivity index (χ3n) is 3.80. The molecule has 0 aliphatic rings. The fourth-order valence-corrected chi connectivity index (χ4v) is 2.39. The Balaban J connectivity index is 0.000000453. The second-order valence-corrected chi connectivity index (χ2v) is 6.67. The van der Waals surface area contributed by atoms with Crippen LogP contribution in [0.2, 0.25) is 0 Å². The monoisotopic (exact) mass is 448 g/mol. The first-order valence-electron chi connectivity index (χ1n) is 9.81. The Morgan fingerprint density at radius 3 is 1.03 bits per heavy atom. The van der Waals surface area contributed by atoms with E-state index < -0.39 is 0 Å². The normalized spacial score (nSPS) is 8.97. The molecule has 4 rings (SSSR count). The molecule has 4 nitrogen and oxygen atoms in total. The van der Waals surface area contributed by atoms with Gasteiger partial charge in [0.25, 0.3) is 0 Å². The molecule has 0 atom stereocenters. The van der Waals surface area contributed by atoms with Crippen LogP contribution in [0, 0.1) is 13.8 Å². The number of aromatic nitrogens is 2. The van der Waals surface area contributed by atoms with Gasteiger partial charge in [-0.05, 0) is 25.0 Å². The van der Waals surface area contributed by atoms with Crippen LogP contribution in [-0.2, 0) is 21.7 Å². The van der Waals surface area contributed by atoms with Gasteiger partial charge in [0.15, 0.2) is 0 Å². The SMILES string of the molecule is C[N-]C.C[N-]C.Cc1ccc(-c2ccc[n-]2)cc1.Cc1ccc(-c2ccc[n-]2)cc1.[Ti+4]. The largest absolute Gasteiger partial charge is 4.00 e. The van der Waals surface area contributed by atoms with Crippen molar-refractivity contribution >= 4 is 0 Å². The summed E-state index contributed by atoms with van der Waals surface area (Å²) in [5.74, 6) is 0. The molecule has 0 saturated heterocycles. The van der Waals surface area contributed by atoms with Gasteiger partial charge in [-0.25, -0.2) is 0 Å². The molecule has 0 amide bonds. The maximum absolute atomic E-state index is 4.22. The molecule has 2 heterocycles. The molecule has 31 heavy (non-hydrogen) atoms. The van der Waals surface area contributed by atoms with E-state index in [0.717, 1.165) is 11.4 Å². The molecule has 0 saturated carbocycles. The van der Waals surface area contributed by atoms with Gasteiger partial charge in [-0.1, -0.05) is 83.9 Å². The van der Waals surface area contributed by atoms with Crippen molar-refractivity contribution in [2.75, 3.05) is 28.2 Å². The van der Waals surface area contributed by atoms with Crippen LogP contribution in [0.5, 0.6) is 0 Å². The Morgan fingerprint density at radius 2 is 0.806 bits per heavy atom. The zero-order chi connectivity index (χ0) is 22.2. The minimum atomic E-state index is 0. The summed E-state index contributed by atoms with van der Waals surface area (Å²) in [5.41, 5.74) is 7.04. The van der Waals surface area contributed by atoms with Crippen molar-refractivity contribution in [3.8, 4) is 22.5 Å². The standard InChI is InChI=1S/2C11H10N.2C2H6N.Ti/c2*1-9-4-6-10(7-5-9)11-3-2-8-12-11;2*1-3-2;/h2*2-8H,1H3;2*1-2H3;/q4*-1;+4. The second kappa shape index (κ2) is 17.3. The number of rotatable bonds is 2. The molecule has 5 heteroatoms. The fraction of sp³-hybridized carbons (Fsp3) is 0.231. The molecular weight excluding hydrogens is 416 g/mol. The Bertz CT molecular complexity index is 804. The molecule has 4 aromatic rings.